The van der Waals surface area contributed by atoms with Crippen molar-refractivity contribution < 1.29 is 18.7 Å². The topological polar surface area (TPSA) is 55.4 Å². The van der Waals surface area contributed by atoms with Crippen LogP contribution in [0.15, 0.2) is 77.1 Å². The fraction of sp³-hybridized carbons (Fsp3) is 0.333. The standard InChI is InChI=1S/C27H28FNO3/c1-16(2)15-32-27(31)24-17(3)29-22-13-20(18-8-5-4-6-9-18)14-23(30)26(22)25(24)19-10-7-11-21(28)12-19/h4-12,16,20,25,29H,13-15H2,1-3H3/t20-,25-/m1/s1. The molecule has 2 aromatic carbocycles. The van der Waals surface area contributed by atoms with Gasteiger partial charge >= 0.3 is 5.97 Å². The van der Waals surface area contributed by atoms with Gasteiger partial charge < -0.3 is 10.1 Å². The van der Waals surface area contributed by atoms with E-state index in [0.29, 0.717) is 35.2 Å². The third-order valence-corrected chi connectivity index (χ3v) is 6.05. The van der Waals surface area contributed by atoms with Crippen LogP contribution in [0, 0.1) is 11.7 Å². The molecular formula is C27H28FNO3. The van der Waals surface area contributed by atoms with E-state index >= 15 is 0 Å². The molecule has 2 atom stereocenters. The fourth-order valence-corrected chi connectivity index (χ4v) is 4.61. The Morgan fingerprint density at radius 1 is 1.09 bits per heavy atom. The summed E-state index contributed by atoms with van der Waals surface area (Å²) in [5.41, 5.74) is 4.07. The lowest BCUT2D eigenvalue weighted by Crippen LogP contribution is -2.36. The van der Waals surface area contributed by atoms with Crippen LogP contribution in [0.2, 0.25) is 0 Å². The summed E-state index contributed by atoms with van der Waals surface area (Å²) in [4.78, 5) is 26.6. The second-order valence-electron chi connectivity index (χ2n) is 8.98. The molecule has 1 heterocycles. The van der Waals surface area contributed by atoms with Gasteiger partial charge in [-0.15, -0.1) is 0 Å². The van der Waals surface area contributed by atoms with Crippen molar-refractivity contribution in [3.8, 4) is 0 Å². The highest BCUT2D eigenvalue weighted by atomic mass is 19.1. The van der Waals surface area contributed by atoms with E-state index in [4.69, 9.17) is 4.74 Å². The van der Waals surface area contributed by atoms with Gasteiger partial charge in [0, 0.05) is 29.3 Å². The first kappa shape index (κ1) is 22.0. The van der Waals surface area contributed by atoms with Gasteiger partial charge in [0.25, 0.3) is 0 Å². The van der Waals surface area contributed by atoms with E-state index in [1.165, 1.54) is 12.1 Å². The number of halogens is 1. The summed E-state index contributed by atoms with van der Waals surface area (Å²) in [7, 11) is 0. The van der Waals surface area contributed by atoms with Crippen LogP contribution in [0.4, 0.5) is 4.39 Å². The maximum absolute atomic E-state index is 14.2. The maximum atomic E-state index is 14.2. The molecule has 0 radical (unpaired) electrons. The fourth-order valence-electron chi connectivity index (χ4n) is 4.61. The largest absolute Gasteiger partial charge is 0.462 e. The van der Waals surface area contributed by atoms with Crippen molar-refractivity contribution in [2.45, 2.75) is 45.4 Å². The molecular weight excluding hydrogens is 405 g/mol. The Labute approximate surface area is 188 Å². The number of carbonyl (C=O) groups excluding carboxylic acids is 2. The summed E-state index contributed by atoms with van der Waals surface area (Å²) in [5, 5.41) is 3.33. The summed E-state index contributed by atoms with van der Waals surface area (Å²) < 4.78 is 19.7. The van der Waals surface area contributed by atoms with E-state index < -0.39 is 17.7 Å². The molecule has 1 aliphatic heterocycles. The van der Waals surface area contributed by atoms with Crippen molar-refractivity contribution in [2.75, 3.05) is 6.61 Å². The molecule has 32 heavy (non-hydrogen) atoms. The Morgan fingerprint density at radius 3 is 2.50 bits per heavy atom. The Morgan fingerprint density at radius 2 is 1.81 bits per heavy atom. The minimum absolute atomic E-state index is 0.0245. The van der Waals surface area contributed by atoms with Crippen LogP contribution in [-0.4, -0.2) is 18.4 Å². The molecule has 1 aliphatic carbocycles. The quantitative estimate of drug-likeness (QED) is 0.643. The zero-order valence-electron chi connectivity index (χ0n) is 18.7. The third-order valence-electron chi connectivity index (χ3n) is 6.05. The van der Waals surface area contributed by atoms with Crippen LogP contribution in [0.25, 0.3) is 0 Å². The molecule has 5 heteroatoms. The maximum Gasteiger partial charge on any atom is 0.336 e. The molecule has 0 spiro atoms. The average molecular weight is 434 g/mol. The molecule has 1 N–H and O–H groups in total. The lowest BCUT2D eigenvalue weighted by Gasteiger charge is -2.36. The van der Waals surface area contributed by atoms with Gasteiger partial charge in [-0.1, -0.05) is 56.3 Å². The summed E-state index contributed by atoms with van der Waals surface area (Å²) in [6.45, 7) is 6.03. The Hall–Kier alpha value is -3.21. The number of Topliss-reactive ketones (excluding diaryl/α,β-unsaturated/α-hetero) is 1. The van der Waals surface area contributed by atoms with Gasteiger partial charge in [-0.2, -0.15) is 0 Å². The normalized spacial score (nSPS) is 20.8. The molecule has 0 bridgehead atoms. The molecule has 0 fully saturated rings. The van der Waals surface area contributed by atoms with Crippen LogP contribution in [-0.2, 0) is 14.3 Å². The second-order valence-corrected chi connectivity index (χ2v) is 8.98. The van der Waals surface area contributed by atoms with E-state index in [1.54, 1.807) is 12.1 Å². The number of allylic oxidation sites excluding steroid dienone is 3. The number of hydrogen-bond acceptors (Lipinski definition) is 4. The molecule has 0 aromatic heterocycles. The highest BCUT2D eigenvalue weighted by Gasteiger charge is 2.41. The first-order valence-corrected chi connectivity index (χ1v) is 11.1. The van der Waals surface area contributed by atoms with Crippen molar-refractivity contribution in [3.05, 3.63) is 94.1 Å². The highest BCUT2D eigenvalue weighted by molar-refractivity contribution is 6.04. The van der Waals surface area contributed by atoms with E-state index in [-0.39, 0.29) is 24.2 Å². The Bertz CT molecular complexity index is 1100. The van der Waals surface area contributed by atoms with Crippen LogP contribution in [0.1, 0.15) is 56.6 Å². The molecule has 4 rings (SSSR count). The Kier molecular flexibility index (Phi) is 6.26. The van der Waals surface area contributed by atoms with Gasteiger partial charge in [-0.05, 0) is 48.4 Å². The zero-order chi connectivity index (χ0) is 22.8. The first-order chi connectivity index (χ1) is 15.3. The van der Waals surface area contributed by atoms with Crippen molar-refractivity contribution >= 4 is 11.8 Å². The second kappa shape index (κ2) is 9.11. The SMILES string of the molecule is CC1=C(C(=O)OCC(C)C)[C@@H](c2cccc(F)c2)C2=C(C[C@@H](c3ccccc3)CC2=O)N1. The number of ketones is 1. The lowest BCUT2D eigenvalue weighted by molar-refractivity contribution is -0.140. The first-order valence-electron chi connectivity index (χ1n) is 11.1. The van der Waals surface area contributed by atoms with Crippen molar-refractivity contribution in [3.63, 3.8) is 0 Å². The summed E-state index contributed by atoms with van der Waals surface area (Å²) in [5.74, 6) is -1.30. The smallest absolute Gasteiger partial charge is 0.336 e. The van der Waals surface area contributed by atoms with Crippen molar-refractivity contribution in [1.82, 2.24) is 5.32 Å². The molecule has 2 aliphatic rings. The van der Waals surface area contributed by atoms with Crippen LogP contribution < -0.4 is 5.32 Å². The molecule has 0 unspecified atom stereocenters. The Balaban J connectivity index is 1.77. The number of nitrogens with one attached hydrogen (secondary N) is 1. The number of rotatable bonds is 5. The van der Waals surface area contributed by atoms with E-state index in [1.807, 2.05) is 51.1 Å². The van der Waals surface area contributed by atoms with Crippen LogP contribution in [0.3, 0.4) is 0 Å². The van der Waals surface area contributed by atoms with Gasteiger partial charge in [-0.3, -0.25) is 4.79 Å². The molecule has 166 valence electrons. The number of ether oxygens (including phenoxy) is 1. The average Bonchev–Trinajstić information content (AvgIpc) is 2.77. The molecule has 0 saturated heterocycles. The van der Waals surface area contributed by atoms with Gasteiger partial charge in [-0.25, -0.2) is 9.18 Å². The summed E-state index contributed by atoms with van der Waals surface area (Å²) in [6, 6.07) is 16.1. The molecule has 0 amide bonds. The van der Waals surface area contributed by atoms with E-state index in [9.17, 15) is 14.0 Å². The predicted octanol–water partition coefficient (Wildman–Crippen LogP) is 5.39. The molecule has 4 nitrogen and oxygen atoms in total. The monoisotopic (exact) mass is 433 g/mol. The molecule has 2 aromatic rings. The number of esters is 1. The number of benzene rings is 2. The zero-order valence-corrected chi connectivity index (χ0v) is 18.7. The minimum atomic E-state index is -0.647. The van der Waals surface area contributed by atoms with Crippen molar-refractivity contribution in [2.24, 2.45) is 5.92 Å². The van der Waals surface area contributed by atoms with Crippen LogP contribution in [0.5, 0.6) is 0 Å². The van der Waals surface area contributed by atoms with Crippen molar-refractivity contribution in [1.29, 1.82) is 0 Å². The van der Waals surface area contributed by atoms with Gasteiger partial charge in [0.15, 0.2) is 5.78 Å². The van der Waals surface area contributed by atoms with E-state index in [0.717, 1.165) is 11.3 Å². The van der Waals surface area contributed by atoms with Gasteiger partial charge in [0.2, 0.25) is 0 Å². The minimum Gasteiger partial charge on any atom is -0.462 e. The number of dihydropyridines is 1. The molecule has 0 saturated carbocycles. The third kappa shape index (κ3) is 4.38. The van der Waals surface area contributed by atoms with Gasteiger partial charge in [0.1, 0.15) is 5.82 Å². The number of hydrogen-bond donors (Lipinski definition) is 1. The highest BCUT2D eigenvalue weighted by Crippen LogP contribution is 2.45. The summed E-state index contributed by atoms with van der Waals surface area (Å²) in [6.07, 6.45) is 1.01. The van der Waals surface area contributed by atoms with E-state index in [2.05, 4.69) is 5.32 Å². The van der Waals surface area contributed by atoms with Crippen LogP contribution >= 0.6 is 0 Å². The lowest BCUT2D eigenvalue weighted by atomic mass is 9.71. The number of carbonyl (C=O) groups is 2. The summed E-state index contributed by atoms with van der Waals surface area (Å²) >= 11 is 0. The predicted molar refractivity (Wildman–Crippen MR) is 121 cm³/mol. The van der Waals surface area contributed by atoms with Gasteiger partial charge in [0.05, 0.1) is 12.2 Å².